The molecule has 0 saturated carbocycles. The minimum Gasteiger partial charge on any atom is -0.434 e. The van der Waals surface area contributed by atoms with E-state index in [-0.39, 0.29) is 12.3 Å². The monoisotopic (exact) mass is 418 g/mol. The lowest BCUT2D eigenvalue weighted by atomic mass is 10.1. The molecule has 162 valence electrons. The number of nitrogens with zero attached hydrogens (tertiary/aromatic N) is 2. The molecule has 0 amide bonds. The molecule has 0 radical (unpaired) electrons. The number of alkyl halides is 2. The molecule has 3 rings (SSSR count). The fourth-order valence-electron chi connectivity index (χ4n) is 3.30. The van der Waals surface area contributed by atoms with Crippen molar-refractivity contribution in [2.45, 2.75) is 26.6 Å². The smallest absolute Gasteiger partial charge is 0.387 e. The Balaban J connectivity index is 1.68. The summed E-state index contributed by atoms with van der Waals surface area (Å²) in [6.07, 6.45) is 0. The van der Waals surface area contributed by atoms with Gasteiger partial charge in [-0.2, -0.15) is 8.78 Å². The molecule has 8 heteroatoms. The number of hydrogen-bond donors (Lipinski definition) is 2. The Morgan fingerprint density at radius 3 is 2.50 bits per heavy atom. The summed E-state index contributed by atoms with van der Waals surface area (Å²) in [4.78, 5) is 6.87. The van der Waals surface area contributed by atoms with E-state index in [9.17, 15) is 8.78 Å². The molecular weight excluding hydrogens is 390 g/mol. The zero-order valence-electron chi connectivity index (χ0n) is 17.1. The molecule has 0 bridgehead atoms. The third-order valence-corrected chi connectivity index (χ3v) is 4.73. The molecule has 1 heterocycles. The summed E-state index contributed by atoms with van der Waals surface area (Å²) in [5, 5.41) is 6.54. The van der Waals surface area contributed by atoms with E-state index in [0.29, 0.717) is 24.6 Å². The predicted octanol–water partition coefficient (Wildman–Crippen LogP) is 3.38. The summed E-state index contributed by atoms with van der Waals surface area (Å²) in [5.74, 6) is 0.755. The van der Waals surface area contributed by atoms with Crippen molar-refractivity contribution < 1.29 is 18.3 Å². The van der Waals surface area contributed by atoms with E-state index in [4.69, 9.17) is 4.74 Å². The number of nitrogens with one attached hydrogen (secondary N) is 2. The normalized spacial score (nSPS) is 14.7. The van der Waals surface area contributed by atoms with Crippen LogP contribution in [-0.2, 0) is 17.8 Å². The third kappa shape index (κ3) is 6.32. The highest BCUT2D eigenvalue weighted by atomic mass is 19.3. The largest absolute Gasteiger partial charge is 0.434 e. The van der Waals surface area contributed by atoms with Gasteiger partial charge >= 0.3 is 6.61 Å². The van der Waals surface area contributed by atoms with Crippen molar-refractivity contribution >= 4 is 11.6 Å². The van der Waals surface area contributed by atoms with Crippen LogP contribution >= 0.6 is 0 Å². The molecule has 6 nitrogen and oxygen atoms in total. The Morgan fingerprint density at radius 1 is 1.07 bits per heavy atom. The summed E-state index contributed by atoms with van der Waals surface area (Å²) >= 11 is 0. The van der Waals surface area contributed by atoms with Crippen molar-refractivity contribution in [1.82, 2.24) is 10.6 Å². The molecule has 0 spiro atoms. The average Bonchev–Trinajstić information content (AvgIpc) is 2.77. The van der Waals surface area contributed by atoms with Crippen molar-refractivity contribution in [3.05, 3.63) is 59.7 Å². The minimum atomic E-state index is -2.86. The second kappa shape index (κ2) is 11.3. The van der Waals surface area contributed by atoms with Crippen LogP contribution in [0.1, 0.15) is 18.1 Å². The molecule has 1 fully saturated rings. The van der Waals surface area contributed by atoms with Gasteiger partial charge in [0.1, 0.15) is 5.75 Å². The molecule has 1 aliphatic heterocycles. The van der Waals surface area contributed by atoms with Crippen LogP contribution < -0.4 is 20.3 Å². The number of halogens is 2. The average molecular weight is 418 g/mol. The Kier molecular flexibility index (Phi) is 8.26. The van der Waals surface area contributed by atoms with Gasteiger partial charge in [0.25, 0.3) is 0 Å². The number of ether oxygens (including phenoxy) is 2. The predicted molar refractivity (Wildman–Crippen MR) is 114 cm³/mol. The van der Waals surface area contributed by atoms with Crippen LogP contribution in [0.15, 0.2) is 53.5 Å². The maximum atomic E-state index is 12.6. The molecule has 0 unspecified atom stereocenters. The maximum Gasteiger partial charge on any atom is 0.387 e. The second-order valence-corrected chi connectivity index (χ2v) is 6.76. The van der Waals surface area contributed by atoms with Gasteiger partial charge in [-0.05, 0) is 24.6 Å². The minimum absolute atomic E-state index is 0.143. The van der Waals surface area contributed by atoms with Crippen LogP contribution in [0.2, 0.25) is 0 Å². The topological polar surface area (TPSA) is 58.1 Å². The molecule has 30 heavy (non-hydrogen) atoms. The zero-order chi connectivity index (χ0) is 21.2. The number of aliphatic imine (C=N–C) groups is 1. The fourth-order valence-corrected chi connectivity index (χ4v) is 3.30. The zero-order valence-corrected chi connectivity index (χ0v) is 17.1. The number of hydrogen-bond acceptors (Lipinski definition) is 4. The Hall–Kier alpha value is -2.87. The van der Waals surface area contributed by atoms with Gasteiger partial charge in [-0.3, -0.25) is 0 Å². The number of guanidine groups is 1. The van der Waals surface area contributed by atoms with E-state index in [2.05, 4.69) is 37.4 Å². The highest BCUT2D eigenvalue weighted by Gasteiger charge is 2.14. The molecule has 0 aromatic heterocycles. The summed E-state index contributed by atoms with van der Waals surface area (Å²) in [6, 6.07) is 15.0. The first-order chi connectivity index (χ1) is 14.7. The van der Waals surface area contributed by atoms with E-state index in [1.165, 1.54) is 11.8 Å². The highest BCUT2D eigenvalue weighted by molar-refractivity contribution is 5.80. The van der Waals surface area contributed by atoms with Gasteiger partial charge in [0.15, 0.2) is 5.96 Å². The molecule has 0 atom stereocenters. The third-order valence-electron chi connectivity index (χ3n) is 4.73. The van der Waals surface area contributed by atoms with Crippen LogP contribution in [0.5, 0.6) is 5.75 Å². The van der Waals surface area contributed by atoms with Gasteiger partial charge in [0.2, 0.25) is 0 Å². The number of para-hydroxylation sites is 2. The quantitative estimate of drug-likeness (QED) is 0.509. The first kappa shape index (κ1) is 21.8. The molecule has 1 saturated heterocycles. The van der Waals surface area contributed by atoms with Crippen LogP contribution in [0.3, 0.4) is 0 Å². The first-order valence-electron chi connectivity index (χ1n) is 10.1. The standard InChI is InChI=1S/C22H28F2N4O2/c1-2-25-22(27-16-18-8-4-6-10-20(18)30-21(23)24)26-15-17-7-3-5-9-19(17)28-11-13-29-14-12-28/h3-10,21H,2,11-16H2,1H3,(H2,25,26,27). The summed E-state index contributed by atoms with van der Waals surface area (Å²) in [7, 11) is 0. The molecular formula is C22H28F2N4O2. The van der Waals surface area contributed by atoms with Crippen LogP contribution in [0.25, 0.3) is 0 Å². The van der Waals surface area contributed by atoms with Crippen molar-refractivity contribution in [3.8, 4) is 5.75 Å². The van der Waals surface area contributed by atoms with Crippen LogP contribution in [0.4, 0.5) is 14.5 Å². The van der Waals surface area contributed by atoms with E-state index in [1.54, 1.807) is 18.2 Å². The van der Waals surface area contributed by atoms with E-state index >= 15 is 0 Å². The molecule has 2 aromatic rings. The van der Waals surface area contributed by atoms with Crippen LogP contribution in [0, 0.1) is 0 Å². The van der Waals surface area contributed by atoms with Gasteiger partial charge in [-0.1, -0.05) is 36.4 Å². The highest BCUT2D eigenvalue weighted by Crippen LogP contribution is 2.22. The fraction of sp³-hybridized carbons (Fsp3) is 0.409. The summed E-state index contributed by atoms with van der Waals surface area (Å²) in [5.41, 5.74) is 2.94. The number of benzene rings is 2. The Labute approximate surface area is 175 Å². The van der Waals surface area contributed by atoms with Crippen molar-refractivity contribution in [1.29, 1.82) is 0 Å². The molecule has 2 N–H and O–H groups in total. The summed E-state index contributed by atoms with van der Waals surface area (Å²) in [6.45, 7) is 3.81. The SMILES string of the molecule is CCNC(=NCc1ccccc1OC(F)F)NCc1ccccc1N1CCOCC1. The van der Waals surface area contributed by atoms with Crippen LogP contribution in [-0.4, -0.2) is 45.4 Å². The van der Waals surface area contributed by atoms with Gasteiger partial charge in [0.05, 0.1) is 19.8 Å². The lowest BCUT2D eigenvalue weighted by Crippen LogP contribution is -2.39. The van der Waals surface area contributed by atoms with Crippen molar-refractivity contribution in [3.63, 3.8) is 0 Å². The Bertz CT molecular complexity index is 826. The van der Waals surface area contributed by atoms with E-state index in [0.717, 1.165) is 31.9 Å². The maximum absolute atomic E-state index is 12.6. The molecule has 0 aliphatic carbocycles. The van der Waals surface area contributed by atoms with Gasteiger partial charge in [-0.15, -0.1) is 0 Å². The summed E-state index contributed by atoms with van der Waals surface area (Å²) < 4.78 is 35.3. The lowest BCUT2D eigenvalue weighted by molar-refractivity contribution is -0.0504. The molecule has 2 aromatic carbocycles. The van der Waals surface area contributed by atoms with E-state index < -0.39 is 6.61 Å². The second-order valence-electron chi connectivity index (χ2n) is 6.76. The molecule has 1 aliphatic rings. The first-order valence-corrected chi connectivity index (χ1v) is 10.1. The Morgan fingerprint density at radius 2 is 1.77 bits per heavy atom. The number of morpholine rings is 1. The van der Waals surface area contributed by atoms with Gasteiger partial charge in [-0.25, -0.2) is 4.99 Å². The number of anilines is 1. The lowest BCUT2D eigenvalue weighted by Gasteiger charge is -2.30. The number of rotatable bonds is 8. The van der Waals surface area contributed by atoms with Crippen molar-refractivity contribution in [2.24, 2.45) is 4.99 Å². The van der Waals surface area contributed by atoms with Gasteiger partial charge < -0.3 is 25.0 Å². The van der Waals surface area contributed by atoms with E-state index in [1.807, 2.05) is 19.1 Å². The van der Waals surface area contributed by atoms with Crippen molar-refractivity contribution in [2.75, 3.05) is 37.7 Å². The van der Waals surface area contributed by atoms with Gasteiger partial charge in [0, 0.05) is 37.4 Å².